The van der Waals surface area contributed by atoms with Crippen molar-refractivity contribution >= 4 is 28.3 Å². The lowest BCUT2D eigenvalue weighted by atomic mass is 10.1. The Morgan fingerprint density at radius 2 is 1.89 bits per heavy atom. The number of carbonyl (C=O) groups is 2. The second-order valence-corrected chi connectivity index (χ2v) is 8.45. The first-order valence-corrected chi connectivity index (χ1v) is 11.0. The normalized spacial score (nSPS) is 17.4. The second-order valence-electron chi connectivity index (χ2n) is 7.34. The Bertz CT molecular complexity index is 747. The number of aryl methyl sites for hydroxylation is 1. The first-order valence-electron chi connectivity index (χ1n) is 10.2. The van der Waals surface area contributed by atoms with Crippen molar-refractivity contribution in [3.63, 3.8) is 0 Å². The van der Waals surface area contributed by atoms with Crippen molar-refractivity contribution < 1.29 is 9.59 Å². The van der Waals surface area contributed by atoms with Gasteiger partial charge >= 0.3 is 6.03 Å². The van der Waals surface area contributed by atoms with Crippen LogP contribution in [0.4, 0.5) is 9.80 Å². The monoisotopic (exact) mass is 403 g/mol. The maximum atomic E-state index is 12.4. The number of amides is 3. The van der Waals surface area contributed by atoms with E-state index in [1.807, 2.05) is 11.8 Å². The van der Waals surface area contributed by atoms with Crippen LogP contribution in [0.15, 0.2) is 0 Å². The molecule has 3 rings (SSSR count). The molecule has 2 heterocycles. The van der Waals surface area contributed by atoms with E-state index in [-0.39, 0.29) is 11.9 Å². The zero-order chi connectivity index (χ0) is 19.9. The molecule has 0 atom stereocenters. The molecule has 1 aliphatic carbocycles. The van der Waals surface area contributed by atoms with Crippen LogP contribution in [0.25, 0.3) is 0 Å². The molecular weight excluding hydrogens is 374 g/mol. The zero-order valence-corrected chi connectivity index (χ0v) is 17.4. The molecule has 0 saturated carbocycles. The van der Waals surface area contributed by atoms with Crippen molar-refractivity contribution in [2.75, 3.05) is 44.6 Å². The summed E-state index contributed by atoms with van der Waals surface area (Å²) in [6.07, 6.45) is 5.85. The van der Waals surface area contributed by atoms with E-state index in [1.54, 1.807) is 11.3 Å². The lowest BCUT2D eigenvalue weighted by Crippen LogP contribution is -2.52. The Hall–Kier alpha value is -2.11. The van der Waals surface area contributed by atoms with Gasteiger partial charge in [0.2, 0.25) is 5.91 Å². The molecule has 1 aromatic heterocycles. The predicted molar refractivity (Wildman–Crippen MR) is 111 cm³/mol. The highest BCUT2D eigenvalue weighted by Crippen LogP contribution is 2.37. The quantitative estimate of drug-likeness (QED) is 0.740. The van der Waals surface area contributed by atoms with Crippen LogP contribution in [0.3, 0.4) is 0 Å². The first kappa shape index (κ1) is 20.6. The molecule has 1 saturated heterocycles. The van der Waals surface area contributed by atoms with Crippen LogP contribution in [-0.2, 0) is 17.6 Å². The summed E-state index contributed by atoms with van der Waals surface area (Å²) in [4.78, 5) is 29.6. The van der Waals surface area contributed by atoms with Gasteiger partial charge in [0.15, 0.2) is 0 Å². The molecule has 0 spiro atoms. The Kier molecular flexibility index (Phi) is 7.29. The SMILES string of the molecule is CCNC(=O)N1CCN(CCC(=O)Nc2sc3c(c2C#N)CCCCC3)CC1. The number of hydrogen-bond acceptors (Lipinski definition) is 5. The summed E-state index contributed by atoms with van der Waals surface area (Å²) in [5, 5.41) is 16.1. The number of nitrogens with one attached hydrogen (secondary N) is 2. The summed E-state index contributed by atoms with van der Waals surface area (Å²) in [6.45, 7) is 6.14. The molecule has 8 heteroatoms. The summed E-state index contributed by atoms with van der Waals surface area (Å²) in [7, 11) is 0. The molecule has 1 fully saturated rings. The van der Waals surface area contributed by atoms with Crippen LogP contribution in [-0.4, -0.2) is 61.0 Å². The van der Waals surface area contributed by atoms with Crippen molar-refractivity contribution in [1.82, 2.24) is 15.1 Å². The van der Waals surface area contributed by atoms with Gasteiger partial charge in [-0.1, -0.05) is 6.42 Å². The average molecular weight is 404 g/mol. The van der Waals surface area contributed by atoms with Crippen LogP contribution in [0.5, 0.6) is 0 Å². The van der Waals surface area contributed by atoms with Crippen LogP contribution in [0.2, 0.25) is 0 Å². The molecule has 7 nitrogen and oxygen atoms in total. The van der Waals surface area contributed by atoms with Gasteiger partial charge in [-0.05, 0) is 38.2 Å². The number of carbonyl (C=O) groups excluding carboxylic acids is 2. The van der Waals surface area contributed by atoms with Gasteiger partial charge in [-0.3, -0.25) is 9.69 Å². The van der Waals surface area contributed by atoms with Gasteiger partial charge < -0.3 is 15.5 Å². The van der Waals surface area contributed by atoms with E-state index >= 15 is 0 Å². The molecule has 28 heavy (non-hydrogen) atoms. The molecule has 0 unspecified atom stereocenters. The van der Waals surface area contributed by atoms with Crippen molar-refractivity contribution in [2.45, 2.75) is 45.4 Å². The van der Waals surface area contributed by atoms with E-state index in [0.717, 1.165) is 49.3 Å². The third-order valence-electron chi connectivity index (χ3n) is 5.43. The second kappa shape index (κ2) is 9.89. The maximum absolute atomic E-state index is 12.4. The van der Waals surface area contributed by atoms with Gasteiger partial charge in [-0.2, -0.15) is 5.26 Å². The van der Waals surface area contributed by atoms with E-state index in [4.69, 9.17) is 0 Å². The molecule has 1 aliphatic heterocycles. The Morgan fingerprint density at radius 1 is 1.14 bits per heavy atom. The molecule has 0 radical (unpaired) electrons. The lowest BCUT2D eigenvalue weighted by Gasteiger charge is -2.34. The Balaban J connectivity index is 1.48. The zero-order valence-electron chi connectivity index (χ0n) is 16.6. The van der Waals surface area contributed by atoms with Gasteiger partial charge in [0, 0.05) is 50.6 Å². The molecule has 1 aromatic rings. The minimum absolute atomic E-state index is 0.0126. The number of anilines is 1. The number of thiophene rings is 1. The fraction of sp³-hybridized carbons (Fsp3) is 0.650. The van der Waals surface area contributed by atoms with Crippen LogP contribution < -0.4 is 10.6 Å². The van der Waals surface area contributed by atoms with Crippen molar-refractivity contribution in [2.24, 2.45) is 0 Å². The number of hydrogen-bond donors (Lipinski definition) is 2. The van der Waals surface area contributed by atoms with Gasteiger partial charge in [0.05, 0.1) is 5.56 Å². The summed E-state index contributed by atoms with van der Waals surface area (Å²) in [5.41, 5.74) is 1.83. The number of nitrogens with zero attached hydrogens (tertiary/aromatic N) is 3. The molecule has 3 amide bonds. The molecule has 0 aromatic carbocycles. The summed E-state index contributed by atoms with van der Waals surface area (Å²) in [6, 6.07) is 2.30. The number of piperazine rings is 1. The fourth-order valence-electron chi connectivity index (χ4n) is 3.84. The van der Waals surface area contributed by atoms with E-state index < -0.39 is 0 Å². The van der Waals surface area contributed by atoms with Gasteiger partial charge in [0.25, 0.3) is 0 Å². The highest BCUT2D eigenvalue weighted by Gasteiger charge is 2.23. The first-order chi connectivity index (χ1) is 13.6. The molecule has 0 bridgehead atoms. The van der Waals surface area contributed by atoms with E-state index in [0.29, 0.717) is 38.2 Å². The van der Waals surface area contributed by atoms with Gasteiger partial charge in [0.1, 0.15) is 11.1 Å². The highest BCUT2D eigenvalue weighted by molar-refractivity contribution is 7.16. The minimum atomic E-state index is -0.0425. The third-order valence-corrected chi connectivity index (χ3v) is 6.64. The van der Waals surface area contributed by atoms with Crippen LogP contribution in [0.1, 0.15) is 48.6 Å². The topological polar surface area (TPSA) is 88.5 Å². The van der Waals surface area contributed by atoms with Gasteiger partial charge in [-0.15, -0.1) is 11.3 Å². The summed E-state index contributed by atoms with van der Waals surface area (Å²) >= 11 is 1.58. The number of rotatable bonds is 5. The van der Waals surface area contributed by atoms with E-state index in [2.05, 4.69) is 21.6 Å². The molecular formula is C20H29N5O2S. The molecule has 2 N–H and O–H groups in total. The molecule has 152 valence electrons. The smallest absolute Gasteiger partial charge is 0.317 e. The van der Waals surface area contributed by atoms with Crippen molar-refractivity contribution in [3.8, 4) is 6.07 Å². The van der Waals surface area contributed by atoms with Gasteiger partial charge in [-0.25, -0.2) is 4.79 Å². The number of fused-ring (bicyclic) bond motifs is 1. The van der Waals surface area contributed by atoms with Crippen LogP contribution >= 0.6 is 11.3 Å². The Morgan fingerprint density at radius 3 is 2.61 bits per heavy atom. The lowest BCUT2D eigenvalue weighted by molar-refractivity contribution is -0.116. The van der Waals surface area contributed by atoms with Crippen molar-refractivity contribution in [3.05, 3.63) is 16.0 Å². The standard InChI is InChI=1S/C20H29N5O2S/c1-2-22-20(27)25-12-10-24(11-13-25)9-8-18(26)23-19-16(14-21)15-6-4-3-5-7-17(15)28-19/h2-13H2,1H3,(H,22,27)(H,23,26). The third kappa shape index (κ3) is 5.03. The molecule has 2 aliphatic rings. The maximum Gasteiger partial charge on any atom is 0.317 e. The van der Waals surface area contributed by atoms with E-state index in [9.17, 15) is 14.9 Å². The van der Waals surface area contributed by atoms with E-state index in [1.165, 1.54) is 11.3 Å². The minimum Gasteiger partial charge on any atom is -0.338 e. The largest absolute Gasteiger partial charge is 0.338 e. The Labute approximate surface area is 170 Å². The predicted octanol–water partition coefficient (Wildman–Crippen LogP) is 2.56. The highest BCUT2D eigenvalue weighted by atomic mass is 32.1. The van der Waals surface area contributed by atoms with Crippen LogP contribution in [0, 0.1) is 11.3 Å². The fourth-order valence-corrected chi connectivity index (χ4v) is 5.09. The number of nitriles is 1. The number of urea groups is 1. The average Bonchev–Trinajstić information content (AvgIpc) is 2.86. The van der Waals surface area contributed by atoms with Crippen molar-refractivity contribution in [1.29, 1.82) is 5.26 Å². The summed E-state index contributed by atoms with van der Waals surface area (Å²) in [5.74, 6) is -0.0425. The summed E-state index contributed by atoms with van der Waals surface area (Å²) < 4.78 is 0.